The van der Waals surface area contributed by atoms with Gasteiger partial charge in [-0.05, 0) is 18.4 Å². The highest BCUT2D eigenvalue weighted by Gasteiger charge is 2.12. The van der Waals surface area contributed by atoms with Gasteiger partial charge in [-0.25, -0.2) is 0 Å². The molecule has 0 aromatic rings. The summed E-state index contributed by atoms with van der Waals surface area (Å²) >= 11 is 0. The first-order valence-corrected chi connectivity index (χ1v) is 4.54. The summed E-state index contributed by atoms with van der Waals surface area (Å²) in [6.07, 6.45) is 8.67. The quantitative estimate of drug-likeness (QED) is 0.577. The van der Waals surface area contributed by atoms with Gasteiger partial charge < -0.3 is 5.32 Å². The smallest absolute Gasteiger partial charge is 0.0555 e. The Balaban J connectivity index is 2.28. The van der Waals surface area contributed by atoms with Crippen molar-refractivity contribution in [3.05, 3.63) is 23.5 Å². The molecule has 1 N–H and O–H groups in total. The molecule has 2 rings (SSSR count). The maximum Gasteiger partial charge on any atom is 0.0555 e. The Morgan fingerprint density at radius 3 is 3.42 bits per heavy atom. The molecule has 0 saturated carbocycles. The van der Waals surface area contributed by atoms with Gasteiger partial charge in [-0.2, -0.15) is 0 Å². The number of piperidine rings is 1. The molecule has 0 aliphatic carbocycles. The monoisotopic (exact) mass is 162 g/mol. The molecule has 0 aromatic carbocycles. The van der Waals surface area contributed by atoms with E-state index in [9.17, 15) is 0 Å². The van der Waals surface area contributed by atoms with Crippen LogP contribution in [0.3, 0.4) is 0 Å². The SMILES string of the molecule is CC1C=NC=C2NCCCC2=C1. The van der Waals surface area contributed by atoms with Crippen molar-refractivity contribution in [1.29, 1.82) is 0 Å². The predicted octanol–water partition coefficient (Wildman–Crippen LogP) is 1.86. The van der Waals surface area contributed by atoms with E-state index in [1.165, 1.54) is 24.1 Å². The third-order valence-corrected chi connectivity index (χ3v) is 2.27. The van der Waals surface area contributed by atoms with E-state index in [-0.39, 0.29) is 0 Å². The lowest BCUT2D eigenvalue weighted by Crippen LogP contribution is -2.21. The highest BCUT2D eigenvalue weighted by Crippen LogP contribution is 2.21. The Kier molecular flexibility index (Phi) is 1.98. The predicted molar refractivity (Wildman–Crippen MR) is 51.1 cm³/mol. The second-order valence-electron chi connectivity index (χ2n) is 3.42. The zero-order valence-corrected chi connectivity index (χ0v) is 7.38. The number of nitrogens with one attached hydrogen (secondary N) is 1. The first-order valence-electron chi connectivity index (χ1n) is 4.54. The van der Waals surface area contributed by atoms with E-state index < -0.39 is 0 Å². The van der Waals surface area contributed by atoms with E-state index in [0.717, 1.165) is 6.54 Å². The molecule has 2 nitrogen and oxygen atoms in total. The molecule has 12 heavy (non-hydrogen) atoms. The first-order chi connectivity index (χ1) is 5.86. The van der Waals surface area contributed by atoms with Crippen molar-refractivity contribution in [2.24, 2.45) is 10.9 Å². The fourth-order valence-corrected chi connectivity index (χ4v) is 1.67. The normalized spacial score (nSPS) is 27.9. The van der Waals surface area contributed by atoms with Gasteiger partial charge in [-0.15, -0.1) is 0 Å². The van der Waals surface area contributed by atoms with Crippen molar-refractivity contribution < 1.29 is 0 Å². The van der Waals surface area contributed by atoms with E-state index in [2.05, 4.69) is 23.3 Å². The van der Waals surface area contributed by atoms with Crippen LogP contribution in [0.1, 0.15) is 19.8 Å². The third kappa shape index (κ3) is 1.42. The van der Waals surface area contributed by atoms with E-state index >= 15 is 0 Å². The summed E-state index contributed by atoms with van der Waals surface area (Å²) < 4.78 is 0. The highest BCUT2D eigenvalue weighted by molar-refractivity contribution is 5.65. The molecule has 0 amide bonds. The fourth-order valence-electron chi connectivity index (χ4n) is 1.67. The van der Waals surface area contributed by atoms with Crippen molar-refractivity contribution >= 4 is 6.21 Å². The minimum absolute atomic E-state index is 0.480. The largest absolute Gasteiger partial charge is 0.384 e. The van der Waals surface area contributed by atoms with Crippen molar-refractivity contribution in [2.75, 3.05) is 6.54 Å². The Bertz CT molecular complexity index is 261. The van der Waals surface area contributed by atoms with Crippen LogP contribution in [0.4, 0.5) is 0 Å². The number of fused-ring (bicyclic) bond motifs is 1. The van der Waals surface area contributed by atoms with Crippen LogP contribution in [0.2, 0.25) is 0 Å². The third-order valence-electron chi connectivity index (χ3n) is 2.27. The van der Waals surface area contributed by atoms with Gasteiger partial charge >= 0.3 is 0 Å². The lowest BCUT2D eigenvalue weighted by molar-refractivity contribution is 0.664. The molecule has 0 spiro atoms. The minimum atomic E-state index is 0.480. The van der Waals surface area contributed by atoms with Gasteiger partial charge in [0.2, 0.25) is 0 Å². The number of allylic oxidation sites excluding steroid dienone is 2. The van der Waals surface area contributed by atoms with E-state index in [0.29, 0.717) is 5.92 Å². The van der Waals surface area contributed by atoms with Crippen molar-refractivity contribution in [1.82, 2.24) is 5.32 Å². The van der Waals surface area contributed by atoms with Crippen LogP contribution >= 0.6 is 0 Å². The molecule has 1 unspecified atom stereocenters. The summed E-state index contributed by atoms with van der Waals surface area (Å²) in [6, 6.07) is 0. The lowest BCUT2D eigenvalue weighted by Gasteiger charge is -2.19. The van der Waals surface area contributed by atoms with E-state index in [4.69, 9.17) is 0 Å². The Labute approximate surface area is 73.1 Å². The minimum Gasteiger partial charge on any atom is -0.384 e. The molecular formula is C10H14N2. The standard InChI is InChI=1S/C10H14N2/c1-8-5-9-3-2-4-12-10(9)7-11-6-8/h5-8,12H,2-4H2,1H3. The van der Waals surface area contributed by atoms with Gasteiger partial charge in [0.1, 0.15) is 0 Å². The molecule has 2 heteroatoms. The number of hydrogen-bond acceptors (Lipinski definition) is 2. The van der Waals surface area contributed by atoms with Crippen molar-refractivity contribution in [3.63, 3.8) is 0 Å². The van der Waals surface area contributed by atoms with Gasteiger partial charge in [0.15, 0.2) is 0 Å². The second-order valence-corrected chi connectivity index (χ2v) is 3.42. The summed E-state index contributed by atoms with van der Waals surface area (Å²) in [7, 11) is 0. The molecule has 1 atom stereocenters. The lowest BCUT2D eigenvalue weighted by atomic mass is 9.99. The average Bonchev–Trinajstić information content (AvgIpc) is 2.25. The molecule has 0 aromatic heterocycles. The molecule has 64 valence electrons. The summed E-state index contributed by atoms with van der Waals surface area (Å²) in [5.74, 6) is 0.480. The molecule has 1 saturated heterocycles. The maximum atomic E-state index is 4.23. The van der Waals surface area contributed by atoms with Gasteiger partial charge in [0.05, 0.1) is 5.70 Å². The molecule has 1 fully saturated rings. The number of hydrogen-bond donors (Lipinski definition) is 1. The molecule has 0 bridgehead atoms. The van der Waals surface area contributed by atoms with Crippen LogP contribution in [0.5, 0.6) is 0 Å². The number of nitrogens with zero attached hydrogens (tertiary/aromatic N) is 1. The Morgan fingerprint density at radius 2 is 2.50 bits per heavy atom. The van der Waals surface area contributed by atoms with Crippen LogP contribution in [0, 0.1) is 5.92 Å². The average molecular weight is 162 g/mol. The summed E-state index contributed by atoms with van der Waals surface area (Å²) in [6.45, 7) is 3.26. The summed E-state index contributed by atoms with van der Waals surface area (Å²) in [4.78, 5) is 4.23. The summed E-state index contributed by atoms with van der Waals surface area (Å²) in [5.41, 5.74) is 2.66. The molecule has 2 aliphatic heterocycles. The number of aliphatic imine (C=N–C) groups is 1. The van der Waals surface area contributed by atoms with Crippen molar-refractivity contribution in [3.8, 4) is 0 Å². The molecular weight excluding hydrogens is 148 g/mol. The summed E-state index contributed by atoms with van der Waals surface area (Å²) in [5, 5.41) is 3.36. The zero-order chi connectivity index (χ0) is 8.39. The Hall–Kier alpha value is -1.05. The van der Waals surface area contributed by atoms with Gasteiger partial charge in [0.25, 0.3) is 0 Å². The molecule has 2 heterocycles. The topological polar surface area (TPSA) is 24.4 Å². The first kappa shape index (κ1) is 7.59. The van der Waals surface area contributed by atoms with Crippen LogP contribution in [-0.4, -0.2) is 12.8 Å². The van der Waals surface area contributed by atoms with Crippen LogP contribution in [0.15, 0.2) is 28.5 Å². The Morgan fingerprint density at radius 1 is 1.58 bits per heavy atom. The van der Waals surface area contributed by atoms with E-state index in [1.54, 1.807) is 0 Å². The fraction of sp³-hybridized carbons (Fsp3) is 0.500. The highest BCUT2D eigenvalue weighted by atomic mass is 14.9. The van der Waals surface area contributed by atoms with Crippen LogP contribution in [-0.2, 0) is 0 Å². The second kappa shape index (κ2) is 3.13. The van der Waals surface area contributed by atoms with Crippen molar-refractivity contribution in [2.45, 2.75) is 19.8 Å². The van der Waals surface area contributed by atoms with Crippen LogP contribution < -0.4 is 5.32 Å². The number of rotatable bonds is 0. The molecule has 2 aliphatic rings. The maximum absolute atomic E-state index is 4.23. The zero-order valence-electron chi connectivity index (χ0n) is 7.38. The van der Waals surface area contributed by atoms with Gasteiger partial charge in [-0.3, -0.25) is 4.99 Å². The van der Waals surface area contributed by atoms with Gasteiger partial charge in [0, 0.05) is 24.9 Å². The van der Waals surface area contributed by atoms with E-state index in [1.807, 2.05) is 12.4 Å². The van der Waals surface area contributed by atoms with Gasteiger partial charge in [-0.1, -0.05) is 13.0 Å². The van der Waals surface area contributed by atoms with Crippen LogP contribution in [0.25, 0.3) is 0 Å². The molecule has 0 radical (unpaired) electrons.